The zero-order chi connectivity index (χ0) is 20.7. The van der Waals surface area contributed by atoms with Crippen molar-refractivity contribution < 1.29 is 13.2 Å². The molecule has 0 bridgehead atoms. The number of nitrogens with one attached hydrogen (secondary N) is 2. The van der Waals surface area contributed by atoms with Crippen LogP contribution < -0.4 is 5.32 Å². The number of hydrogen-bond acceptors (Lipinski definition) is 4. The summed E-state index contributed by atoms with van der Waals surface area (Å²) in [6, 6.07) is 18.1. The highest BCUT2D eigenvalue weighted by Gasteiger charge is 2.33. The minimum Gasteiger partial charge on any atom is -0.338 e. The molecule has 0 atom stereocenters. The zero-order valence-corrected chi connectivity index (χ0v) is 15.4. The lowest BCUT2D eigenvalue weighted by Crippen LogP contribution is -2.07. The number of fused-ring (bicyclic) bond motifs is 2. The van der Waals surface area contributed by atoms with Gasteiger partial charge in [-0.1, -0.05) is 30.3 Å². The molecule has 0 spiro atoms. The van der Waals surface area contributed by atoms with Crippen LogP contribution in [0.5, 0.6) is 0 Å². The predicted octanol–water partition coefficient (Wildman–Crippen LogP) is 5.94. The second-order valence-electron chi connectivity index (χ2n) is 6.72. The molecule has 0 unspecified atom stereocenters. The van der Waals surface area contributed by atoms with Crippen molar-refractivity contribution >= 4 is 33.4 Å². The molecule has 0 aliphatic heterocycles. The summed E-state index contributed by atoms with van der Waals surface area (Å²) in [6.45, 7) is 0. The van der Waals surface area contributed by atoms with E-state index in [0.29, 0.717) is 22.5 Å². The number of halogens is 3. The number of anilines is 2. The lowest BCUT2D eigenvalue weighted by Gasteiger charge is -2.14. The molecule has 0 aliphatic rings. The molecule has 3 heterocycles. The second kappa shape index (κ2) is 6.84. The van der Waals surface area contributed by atoms with E-state index in [0.717, 1.165) is 17.0 Å². The smallest absolute Gasteiger partial charge is 0.338 e. The number of aromatic amines is 1. The SMILES string of the molecule is FC(F)(F)c1ccccc1-c1cc(Nc2n[nH]c3ccccc23)c2cccnc2n1. The van der Waals surface area contributed by atoms with E-state index in [4.69, 9.17) is 0 Å². The lowest BCUT2D eigenvalue weighted by molar-refractivity contribution is -0.137. The Morgan fingerprint density at radius 3 is 2.50 bits per heavy atom. The van der Waals surface area contributed by atoms with Crippen LogP contribution in [0.15, 0.2) is 72.9 Å². The standard InChI is InChI=1S/C22H14F3N5/c23-22(24,25)16-9-3-1-6-13(16)18-12-19(15-8-5-11-26-20(15)27-18)28-21-14-7-2-4-10-17(14)29-30-21/h1-12H,(H2,26,27,28,29,30). The first-order valence-corrected chi connectivity index (χ1v) is 9.13. The molecular formula is C22H14F3N5. The van der Waals surface area contributed by atoms with Crippen LogP contribution in [0.1, 0.15) is 5.56 Å². The molecule has 5 rings (SSSR count). The van der Waals surface area contributed by atoms with E-state index < -0.39 is 11.7 Å². The van der Waals surface area contributed by atoms with Crippen LogP contribution in [0.3, 0.4) is 0 Å². The quantitative estimate of drug-likeness (QED) is 0.390. The summed E-state index contributed by atoms with van der Waals surface area (Å²) in [5.41, 5.74) is 1.18. The average Bonchev–Trinajstić information content (AvgIpc) is 3.16. The number of H-pyrrole nitrogens is 1. The molecule has 5 aromatic rings. The molecule has 0 saturated heterocycles. The van der Waals surface area contributed by atoms with E-state index in [2.05, 4.69) is 25.5 Å². The number of hydrogen-bond donors (Lipinski definition) is 2. The van der Waals surface area contributed by atoms with Gasteiger partial charge in [0, 0.05) is 22.5 Å². The molecule has 0 amide bonds. The summed E-state index contributed by atoms with van der Waals surface area (Å²) in [7, 11) is 0. The van der Waals surface area contributed by atoms with Crippen LogP contribution in [0, 0.1) is 0 Å². The van der Waals surface area contributed by atoms with Gasteiger partial charge in [0.1, 0.15) is 0 Å². The van der Waals surface area contributed by atoms with Crippen molar-refractivity contribution in [3.8, 4) is 11.3 Å². The van der Waals surface area contributed by atoms with Crippen molar-refractivity contribution in [1.82, 2.24) is 20.2 Å². The van der Waals surface area contributed by atoms with Crippen molar-refractivity contribution in [1.29, 1.82) is 0 Å². The highest BCUT2D eigenvalue weighted by molar-refractivity contribution is 5.98. The van der Waals surface area contributed by atoms with Gasteiger partial charge in [0.15, 0.2) is 11.5 Å². The van der Waals surface area contributed by atoms with Crippen molar-refractivity contribution in [2.24, 2.45) is 0 Å². The Kier molecular flexibility index (Phi) is 4.13. The maximum absolute atomic E-state index is 13.6. The number of aromatic nitrogens is 4. The van der Waals surface area contributed by atoms with Crippen LogP contribution in [0.2, 0.25) is 0 Å². The van der Waals surface area contributed by atoms with Gasteiger partial charge in [0.25, 0.3) is 0 Å². The van der Waals surface area contributed by atoms with Gasteiger partial charge in [-0.15, -0.1) is 0 Å². The van der Waals surface area contributed by atoms with E-state index in [1.165, 1.54) is 12.1 Å². The Bertz CT molecular complexity index is 1370. The summed E-state index contributed by atoms with van der Waals surface area (Å²) in [5.74, 6) is 0.567. The summed E-state index contributed by atoms with van der Waals surface area (Å²) in [6.07, 6.45) is -2.94. The van der Waals surface area contributed by atoms with Gasteiger partial charge in [-0.2, -0.15) is 18.3 Å². The highest BCUT2D eigenvalue weighted by atomic mass is 19.4. The first kappa shape index (κ1) is 18.1. The molecule has 0 aliphatic carbocycles. The van der Waals surface area contributed by atoms with Gasteiger partial charge < -0.3 is 5.32 Å². The van der Waals surface area contributed by atoms with Gasteiger partial charge in [-0.25, -0.2) is 9.97 Å². The Labute approximate surface area is 168 Å². The summed E-state index contributed by atoms with van der Waals surface area (Å²) in [4.78, 5) is 8.64. The summed E-state index contributed by atoms with van der Waals surface area (Å²) < 4.78 is 40.7. The van der Waals surface area contributed by atoms with Crippen molar-refractivity contribution in [3.63, 3.8) is 0 Å². The molecule has 8 heteroatoms. The minimum absolute atomic E-state index is 0.00695. The Balaban J connectivity index is 1.70. The lowest BCUT2D eigenvalue weighted by atomic mass is 10.0. The molecule has 30 heavy (non-hydrogen) atoms. The maximum Gasteiger partial charge on any atom is 0.417 e. The highest BCUT2D eigenvalue weighted by Crippen LogP contribution is 2.38. The average molecular weight is 405 g/mol. The summed E-state index contributed by atoms with van der Waals surface area (Å²) >= 11 is 0. The Morgan fingerprint density at radius 1 is 0.867 bits per heavy atom. The third kappa shape index (κ3) is 3.12. The number of para-hydroxylation sites is 1. The van der Waals surface area contributed by atoms with Gasteiger partial charge in [0.2, 0.25) is 0 Å². The number of alkyl halides is 3. The maximum atomic E-state index is 13.6. The molecule has 0 radical (unpaired) electrons. The minimum atomic E-state index is -4.50. The second-order valence-corrected chi connectivity index (χ2v) is 6.72. The fourth-order valence-corrected chi connectivity index (χ4v) is 3.44. The van der Waals surface area contributed by atoms with Crippen molar-refractivity contribution in [2.75, 3.05) is 5.32 Å². The first-order chi connectivity index (χ1) is 14.5. The topological polar surface area (TPSA) is 66.5 Å². The van der Waals surface area contributed by atoms with Gasteiger partial charge in [0.05, 0.1) is 22.5 Å². The van der Waals surface area contributed by atoms with Crippen molar-refractivity contribution in [2.45, 2.75) is 6.18 Å². The number of pyridine rings is 2. The van der Waals surface area contributed by atoms with E-state index in [1.807, 2.05) is 30.3 Å². The predicted molar refractivity (Wildman–Crippen MR) is 109 cm³/mol. The molecule has 0 fully saturated rings. The van der Waals surface area contributed by atoms with Crippen LogP contribution in [-0.4, -0.2) is 20.2 Å². The Morgan fingerprint density at radius 2 is 1.63 bits per heavy atom. The molecule has 2 N–H and O–H groups in total. The summed E-state index contributed by atoms with van der Waals surface area (Å²) in [5, 5.41) is 12.0. The van der Waals surface area contributed by atoms with Crippen LogP contribution in [-0.2, 0) is 6.18 Å². The zero-order valence-electron chi connectivity index (χ0n) is 15.4. The monoisotopic (exact) mass is 405 g/mol. The third-order valence-corrected chi connectivity index (χ3v) is 4.82. The third-order valence-electron chi connectivity index (χ3n) is 4.82. The van der Waals surface area contributed by atoms with Crippen LogP contribution >= 0.6 is 0 Å². The fraction of sp³-hybridized carbons (Fsp3) is 0.0455. The number of benzene rings is 2. The van der Waals surface area contributed by atoms with Gasteiger partial charge >= 0.3 is 6.18 Å². The Hall–Kier alpha value is -3.94. The molecule has 2 aromatic carbocycles. The van der Waals surface area contributed by atoms with E-state index in [-0.39, 0.29) is 11.3 Å². The van der Waals surface area contributed by atoms with Gasteiger partial charge in [-0.05, 0) is 36.4 Å². The van der Waals surface area contributed by atoms with E-state index >= 15 is 0 Å². The van der Waals surface area contributed by atoms with Crippen molar-refractivity contribution in [3.05, 3.63) is 78.5 Å². The number of rotatable bonds is 3. The molecule has 148 valence electrons. The molecular weight excluding hydrogens is 391 g/mol. The normalized spacial score (nSPS) is 11.8. The molecule has 5 nitrogen and oxygen atoms in total. The number of nitrogens with zero attached hydrogens (tertiary/aromatic N) is 3. The molecule has 0 saturated carbocycles. The largest absolute Gasteiger partial charge is 0.417 e. The van der Waals surface area contributed by atoms with Gasteiger partial charge in [-0.3, -0.25) is 5.10 Å². The van der Waals surface area contributed by atoms with E-state index in [1.54, 1.807) is 24.4 Å². The van der Waals surface area contributed by atoms with Crippen LogP contribution in [0.4, 0.5) is 24.7 Å². The first-order valence-electron chi connectivity index (χ1n) is 9.13. The van der Waals surface area contributed by atoms with Crippen LogP contribution in [0.25, 0.3) is 33.2 Å². The molecule has 3 aromatic heterocycles. The van der Waals surface area contributed by atoms with E-state index in [9.17, 15) is 13.2 Å². The fourth-order valence-electron chi connectivity index (χ4n) is 3.44.